The minimum atomic E-state index is 0. The van der Waals surface area contributed by atoms with Gasteiger partial charge < -0.3 is 10.1 Å². The van der Waals surface area contributed by atoms with Crippen molar-refractivity contribution < 1.29 is 4.74 Å². The number of pyridine rings is 1. The van der Waals surface area contributed by atoms with Crippen LogP contribution >= 0.6 is 36.4 Å². The zero-order valence-electron chi connectivity index (χ0n) is 10.1. The van der Waals surface area contributed by atoms with Gasteiger partial charge in [-0.3, -0.25) is 0 Å². The Hall–Kier alpha value is -0.0600. The van der Waals surface area contributed by atoms with Crippen molar-refractivity contribution in [3.63, 3.8) is 0 Å². The van der Waals surface area contributed by atoms with Gasteiger partial charge in [0.1, 0.15) is 5.15 Å². The molecular weight excluding hydrogens is 295 g/mol. The second-order valence-electron chi connectivity index (χ2n) is 4.22. The zero-order chi connectivity index (χ0) is 11.2. The summed E-state index contributed by atoms with van der Waals surface area (Å²) in [5.74, 6) is 0.661. The second-order valence-corrected chi connectivity index (χ2v) is 4.60. The van der Waals surface area contributed by atoms with Gasteiger partial charge in [0.15, 0.2) is 0 Å². The van der Waals surface area contributed by atoms with Gasteiger partial charge in [-0.1, -0.05) is 17.7 Å². The van der Waals surface area contributed by atoms with Crippen LogP contribution in [-0.4, -0.2) is 24.7 Å². The molecule has 1 saturated heterocycles. The number of hydrogen-bond acceptors (Lipinski definition) is 3. The Morgan fingerprint density at radius 3 is 2.83 bits per heavy atom. The molecule has 1 aliphatic rings. The van der Waals surface area contributed by atoms with E-state index in [2.05, 4.69) is 10.3 Å². The van der Waals surface area contributed by atoms with Crippen LogP contribution in [0.5, 0.6) is 0 Å². The van der Waals surface area contributed by atoms with E-state index in [-0.39, 0.29) is 24.8 Å². The lowest BCUT2D eigenvalue weighted by molar-refractivity contribution is 0.0781. The number of ether oxygens (including phenoxy) is 1. The zero-order valence-corrected chi connectivity index (χ0v) is 12.5. The van der Waals surface area contributed by atoms with E-state index in [0.717, 1.165) is 25.3 Å². The predicted molar refractivity (Wildman–Crippen MR) is 79.0 cm³/mol. The first-order valence-electron chi connectivity index (χ1n) is 5.73. The van der Waals surface area contributed by atoms with E-state index in [0.29, 0.717) is 17.7 Å². The van der Waals surface area contributed by atoms with E-state index in [4.69, 9.17) is 16.3 Å². The number of rotatable bonds is 4. The number of aromatic nitrogens is 1. The summed E-state index contributed by atoms with van der Waals surface area (Å²) in [6, 6.07) is 3.75. The molecule has 18 heavy (non-hydrogen) atoms. The van der Waals surface area contributed by atoms with E-state index in [9.17, 15) is 0 Å². The predicted octanol–water partition coefficient (Wildman–Crippen LogP) is 3.09. The summed E-state index contributed by atoms with van der Waals surface area (Å²) in [5, 5.41) is 3.91. The average Bonchev–Trinajstić information content (AvgIpc) is 2.33. The molecule has 2 heterocycles. The molecule has 6 heteroatoms. The smallest absolute Gasteiger partial charge is 0.129 e. The minimum absolute atomic E-state index is 0. The first kappa shape index (κ1) is 17.9. The highest BCUT2D eigenvalue weighted by atomic mass is 35.5. The van der Waals surface area contributed by atoms with Gasteiger partial charge in [-0.2, -0.15) is 0 Å². The van der Waals surface area contributed by atoms with Crippen molar-refractivity contribution in [2.45, 2.75) is 19.4 Å². The van der Waals surface area contributed by atoms with Crippen molar-refractivity contribution in [3.05, 3.63) is 29.0 Å². The summed E-state index contributed by atoms with van der Waals surface area (Å²) in [6.45, 7) is 3.69. The van der Waals surface area contributed by atoms with Gasteiger partial charge in [-0.15, -0.1) is 24.8 Å². The molecule has 1 fully saturated rings. The molecule has 0 radical (unpaired) electrons. The van der Waals surface area contributed by atoms with Gasteiger partial charge in [-0.25, -0.2) is 4.98 Å². The van der Waals surface area contributed by atoms with Gasteiger partial charge in [-0.05, 0) is 36.9 Å². The van der Waals surface area contributed by atoms with E-state index in [1.54, 1.807) is 12.3 Å². The fourth-order valence-corrected chi connectivity index (χ4v) is 2.01. The van der Waals surface area contributed by atoms with Crippen LogP contribution in [0.3, 0.4) is 0 Å². The normalized spacial score (nSPS) is 18.6. The molecule has 1 N–H and O–H groups in total. The van der Waals surface area contributed by atoms with Crippen LogP contribution in [0.2, 0.25) is 5.15 Å². The highest BCUT2D eigenvalue weighted by Gasteiger charge is 2.12. The Labute approximate surface area is 125 Å². The van der Waals surface area contributed by atoms with Crippen LogP contribution < -0.4 is 5.32 Å². The molecule has 1 aromatic rings. The van der Waals surface area contributed by atoms with Crippen molar-refractivity contribution in [2.24, 2.45) is 5.92 Å². The minimum Gasteiger partial charge on any atom is -0.376 e. The van der Waals surface area contributed by atoms with Crippen molar-refractivity contribution in [2.75, 3.05) is 19.7 Å². The van der Waals surface area contributed by atoms with Gasteiger partial charge >= 0.3 is 0 Å². The largest absolute Gasteiger partial charge is 0.376 e. The quantitative estimate of drug-likeness (QED) is 0.867. The number of halogens is 3. The lowest BCUT2D eigenvalue weighted by atomic mass is 10.0. The van der Waals surface area contributed by atoms with E-state index < -0.39 is 0 Å². The summed E-state index contributed by atoms with van der Waals surface area (Å²) < 4.78 is 5.68. The molecular formula is C12H19Cl3N2O. The van der Waals surface area contributed by atoms with Gasteiger partial charge in [0.05, 0.1) is 13.2 Å². The third-order valence-corrected chi connectivity index (χ3v) is 3.03. The lowest BCUT2D eigenvalue weighted by Crippen LogP contribution is -2.32. The SMILES string of the molecule is Cl.Cl.Clc1ccc(COCC2CCCNC2)cn1. The van der Waals surface area contributed by atoms with Gasteiger partial charge in [0.2, 0.25) is 0 Å². The second kappa shape index (κ2) is 9.82. The van der Waals surface area contributed by atoms with Crippen LogP contribution in [0.1, 0.15) is 18.4 Å². The monoisotopic (exact) mass is 312 g/mol. The third-order valence-electron chi connectivity index (χ3n) is 2.81. The summed E-state index contributed by atoms with van der Waals surface area (Å²) in [7, 11) is 0. The highest BCUT2D eigenvalue weighted by Crippen LogP contribution is 2.12. The summed E-state index contributed by atoms with van der Waals surface area (Å²) >= 11 is 5.71. The van der Waals surface area contributed by atoms with Crippen molar-refractivity contribution in [3.8, 4) is 0 Å². The Morgan fingerprint density at radius 2 is 2.22 bits per heavy atom. The molecule has 1 aliphatic heterocycles. The molecule has 0 bridgehead atoms. The number of piperidine rings is 1. The van der Waals surface area contributed by atoms with E-state index >= 15 is 0 Å². The van der Waals surface area contributed by atoms with Gasteiger partial charge in [0.25, 0.3) is 0 Å². The maximum Gasteiger partial charge on any atom is 0.129 e. The molecule has 1 atom stereocenters. The summed E-state index contributed by atoms with van der Waals surface area (Å²) in [6.07, 6.45) is 4.30. The summed E-state index contributed by atoms with van der Waals surface area (Å²) in [4.78, 5) is 4.02. The maximum absolute atomic E-state index is 5.71. The molecule has 0 aromatic carbocycles. The Morgan fingerprint density at radius 1 is 1.39 bits per heavy atom. The van der Waals surface area contributed by atoms with Crippen molar-refractivity contribution >= 4 is 36.4 Å². The first-order chi connectivity index (χ1) is 7.84. The van der Waals surface area contributed by atoms with Crippen LogP contribution in [0.4, 0.5) is 0 Å². The molecule has 0 amide bonds. The summed E-state index contributed by atoms with van der Waals surface area (Å²) in [5.41, 5.74) is 1.08. The van der Waals surface area contributed by atoms with E-state index in [1.165, 1.54) is 12.8 Å². The standard InChI is InChI=1S/C12H17ClN2O.2ClH/c13-12-4-3-11(7-15-12)9-16-8-10-2-1-5-14-6-10;;/h3-4,7,10,14H,1-2,5-6,8-9H2;2*1H. The molecule has 104 valence electrons. The molecule has 1 aromatic heterocycles. The molecule has 0 aliphatic carbocycles. The fraction of sp³-hybridized carbons (Fsp3) is 0.583. The molecule has 0 saturated carbocycles. The topological polar surface area (TPSA) is 34.1 Å². The van der Waals surface area contributed by atoms with Crippen molar-refractivity contribution in [1.82, 2.24) is 10.3 Å². The van der Waals surface area contributed by atoms with Crippen LogP contribution in [0.15, 0.2) is 18.3 Å². The Kier molecular flexibility index (Phi) is 9.78. The van der Waals surface area contributed by atoms with Crippen molar-refractivity contribution in [1.29, 1.82) is 0 Å². The first-order valence-corrected chi connectivity index (χ1v) is 6.11. The Balaban J connectivity index is 0.00000144. The number of nitrogens with zero attached hydrogens (tertiary/aromatic N) is 1. The average molecular weight is 314 g/mol. The number of hydrogen-bond donors (Lipinski definition) is 1. The van der Waals surface area contributed by atoms with Crippen LogP contribution in [0.25, 0.3) is 0 Å². The van der Waals surface area contributed by atoms with E-state index in [1.807, 2.05) is 6.07 Å². The van der Waals surface area contributed by atoms with Crippen LogP contribution in [0, 0.1) is 5.92 Å². The fourth-order valence-electron chi connectivity index (χ4n) is 1.90. The molecule has 3 nitrogen and oxygen atoms in total. The molecule has 0 spiro atoms. The van der Waals surface area contributed by atoms with Gasteiger partial charge in [0, 0.05) is 12.7 Å². The lowest BCUT2D eigenvalue weighted by Gasteiger charge is -2.22. The third kappa shape index (κ3) is 6.21. The number of nitrogens with one attached hydrogen (secondary N) is 1. The Bertz CT molecular complexity index is 316. The molecule has 2 rings (SSSR count). The highest BCUT2D eigenvalue weighted by molar-refractivity contribution is 6.29. The van der Waals surface area contributed by atoms with Crippen LogP contribution in [-0.2, 0) is 11.3 Å². The molecule has 1 unspecified atom stereocenters. The maximum atomic E-state index is 5.71.